The van der Waals surface area contributed by atoms with Crippen molar-refractivity contribution in [3.63, 3.8) is 0 Å². The number of benzene rings is 3. The molecule has 3 aromatic rings. The maximum Gasteiger partial charge on any atom is 0.243 e. The molecule has 3 aromatic carbocycles. The Morgan fingerprint density at radius 3 is 1.56 bits per heavy atom. The smallest absolute Gasteiger partial charge is 0.243 e. The largest absolute Gasteiger partial charge is 0.289 e. The third-order valence-corrected chi connectivity index (χ3v) is 6.89. The molecule has 162 valence electrons. The minimum atomic E-state index is -3.87. The number of rotatable bonds is 4. The van der Waals surface area contributed by atoms with Crippen LogP contribution in [0.2, 0.25) is 0 Å². The predicted molar refractivity (Wildman–Crippen MR) is 119 cm³/mol. The van der Waals surface area contributed by atoms with Gasteiger partial charge in [0, 0.05) is 24.2 Å². The van der Waals surface area contributed by atoms with Gasteiger partial charge in [-0.2, -0.15) is 4.31 Å². The summed E-state index contributed by atoms with van der Waals surface area (Å²) in [6, 6.07) is 19.1. The van der Waals surface area contributed by atoms with Gasteiger partial charge in [0.2, 0.25) is 10.0 Å². The second-order valence-corrected chi connectivity index (χ2v) is 9.30. The highest BCUT2D eigenvalue weighted by Crippen LogP contribution is 2.27. The number of hydrogen-bond donors (Lipinski definition) is 0. The lowest BCUT2D eigenvalue weighted by Crippen LogP contribution is -2.41. The van der Waals surface area contributed by atoms with E-state index in [0.717, 1.165) is 0 Å². The first kappa shape index (κ1) is 21.8. The summed E-state index contributed by atoms with van der Waals surface area (Å²) in [5, 5.41) is 0. The number of hydrogen-bond acceptors (Lipinski definition) is 3. The van der Waals surface area contributed by atoms with Crippen molar-refractivity contribution in [3.05, 3.63) is 113 Å². The molecule has 7 heteroatoms. The molecule has 0 amide bonds. The van der Waals surface area contributed by atoms with Gasteiger partial charge in [-0.1, -0.05) is 42.5 Å². The minimum Gasteiger partial charge on any atom is -0.289 e. The molecular formula is C25H19F2NO3S. The molecule has 1 saturated heterocycles. The van der Waals surface area contributed by atoms with Gasteiger partial charge in [0.15, 0.2) is 5.78 Å². The van der Waals surface area contributed by atoms with E-state index in [9.17, 15) is 22.0 Å². The van der Waals surface area contributed by atoms with Gasteiger partial charge >= 0.3 is 0 Å². The second kappa shape index (κ2) is 8.98. The Morgan fingerprint density at radius 2 is 1.12 bits per heavy atom. The summed E-state index contributed by atoms with van der Waals surface area (Å²) in [7, 11) is -3.87. The third-order valence-electron chi connectivity index (χ3n) is 5.08. The van der Waals surface area contributed by atoms with Crippen LogP contribution in [0.3, 0.4) is 0 Å². The van der Waals surface area contributed by atoms with Crippen molar-refractivity contribution < 1.29 is 22.0 Å². The maximum absolute atomic E-state index is 13.3. The molecule has 0 unspecified atom stereocenters. The summed E-state index contributed by atoms with van der Waals surface area (Å²) in [6.45, 7) is -0.234. The zero-order chi connectivity index (χ0) is 22.7. The van der Waals surface area contributed by atoms with E-state index < -0.39 is 21.7 Å². The van der Waals surface area contributed by atoms with Crippen LogP contribution in [0.1, 0.15) is 11.1 Å². The molecule has 0 bridgehead atoms. The Hall–Kier alpha value is -3.42. The highest BCUT2D eigenvalue weighted by molar-refractivity contribution is 7.89. The molecule has 0 N–H and O–H groups in total. The first-order valence-corrected chi connectivity index (χ1v) is 11.3. The Bertz CT molecular complexity index is 1230. The number of halogens is 2. The van der Waals surface area contributed by atoms with E-state index in [1.165, 1.54) is 65.0 Å². The Kier molecular flexibility index (Phi) is 6.12. The fraction of sp³-hybridized carbons (Fsp3) is 0.0800. The van der Waals surface area contributed by atoms with E-state index >= 15 is 0 Å². The van der Waals surface area contributed by atoms with E-state index in [1.54, 1.807) is 30.4 Å². The molecule has 4 rings (SSSR count). The standard InChI is InChI=1S/C25H19F2NO3S/c26-22-10-6-18(7-11-22)14-20-16-28(32(30,31)24-4-2-1-3-5-24)17-21(25(20)29)15-19-8-12-23(27)13-9-19/h1-15H,16-17H2/b20-14+,21-15+. The topological polar surface area (TPSA) is 54.5 Å². The summed E-state index contributed by atoms with van der Waals surface area (Å²) < 4.78 is 54.3. The number of ketones is 1. The van der Waals surface area contributed by atoms with Crippen LogP contribution in [0.15, 0.2) is 94.9 Å². The highest BCUT2D eigenvalue weighted by atomic mass is 32.2. The van der Waals surface area contributed by atoms with Crippen LogP contribution >= 0.6 is 0 Å². The minimum absolute atomic E-state index is 0.117. The van der Waals surface area contributed by atoms with Crippen molar-refractivity contribution in [2.75, 3.05) is 13.1 Å². The van der Waals surface area contributed by atoms with Crippen LogP contribution in [0.5, 0.6) is 0 Å². The van der Waals surface area contributed by atoms with Gasteiger partial charge in [-0.15, -0.1) is 0 Å². The van der Waals surface area contributed by atoms with Crippen LogP contribution in [-0.2, 0) is 14.8 Å². The molecule has 32 heavy (non-hydrogen) atoms. The zero-order valence-corrected chi connectivity index (χ0v) is 17.7. The van der Waals surface area contributed by atoms with Crippen molar-refractivity contribution in [3.8, 4) is 0 Å². The molecule has 4 nitrogen and oxygen atoms in total. The number of carbonyl (C=O) groups is 1. The van der Waals surface area contributed by atoms with Gasteiger partial charge in [-0.25, -0.2) is 17.2 Å². The molecule has 1 aliphatic rings. The number of carbonyl (C=O) groups excluding carboxylic acids is 1. The maximum atomic E-state index is 13.3. The van der Waals surface area contributed by atoms with Gasteiger partial charge in [0.1, 0.15) is 11.6 Å². The molecule has 1 aliphatic heterocycles. The van der Waals surface area contributed by atoms with E-state index in [1.807, 2.05) is 0 Å². The van der Waals surface area contributed by atoms with Gasteiger partial charge in [-0.05, 0) is 59.7 Å². The average molecular weight is 451 g/mol. The second-order valence-electron chi connectivity index (χ2n) is 7.36. The van der Waals surface area contributed by atoms with E-state index in [4.69, 9.17) is 0 Å². The first-order chi connectivity index (χ1) is 15.3. The number of sulfonamides is 1. The van der Waals surface area contributed by atoms with Crippen molar-refractivity contribution in [2.45, 2.75) is 4.90 Å². The third kappa shape index (κ3) is 4.74. The Morgan fingerprint density at radius 1 is 0.688 bits per heavy atom. The molecule has 0 aromatic heterocycles. The van der Waals surface area contributed by atoms with E-state index in [0.29, 0.717) is 11.1 Å². The Labute approximate surface area is 185 Å². The summed E-state index contributed by atoms with van der Waals surface area (Å²) in [6.07, 6.45) is 3.12. The monoisotopic (exact) mass is 451 g/mol. The van der Waals surface area contributed by atoms with Crippen LogP contribution in [0, 0.1) is 11.6 Å². The summed E-state index contributed by atoms with van der Waals surface area (Å²) in [4.78, 5) is 13.3. The molecule has 1 fully saturated rings. The van der Waals surface area contributed by atoms with Gasteiger partial charge in [0.05, 0.1) is 4.90 Å². The first-order valence-electron chi connectivity index (χ1n) is 9.85. The fourth-order valence-corrected chi connectivity index (χ4v) is 4.86. The van der Waals surface area contributed by atoms with Gasteiger partial charge in [-0.3, -0.25) is 4.79 Å². The van der Waals surface area contributed by atoms with Gasteiger partial charge < -0.3 is 0 Å². The zero-order valence-electron chi connectivity index (χ0n) is 16.9. The van der Waals surface area contributed by atoms with Gasteiger partial charge in [0.25, 0.3) is 0 Å². The van der Waals surface area contributed by atoms with Crippen molar-refractivity contribution >= 4 is 28.0 Å². The molecule has 0 atom stereocenters. The predicted octanol–water partition coefficient (Wildman–Crippen LogP) is 4.71. The van der Waals surface area contributed by atoms with Crippen molar-refractivity contribution in [1.29, 1.82) is 0 Å². The summed E-state index contributed by atoms with van der Waals surface area (Å²) >= 11 is 0. The lowest BCUT2D eigenvalue weighted by molar-refractivity contribution is -0.113. The van der Waals surface area contributed by atoms with E-state index in [2.05, 4.69) is 0 Å². The lowest BCUT2D eigenvalue weighted by atomic mass is 9.95. The van der Waals surface area contributed by atoms with Crippen LogP contribution < -0.4 is 0 Å². The molecule has 0 aliphatic carbocycles. The quantitative estimate of drug-likeness (QED) is 0.540. The highest BCUT2D eigenvalue weighted by Gasteiger charge is 2.34. The van der Waals surface area contributed by atoms with Crippen LogP contribution in [0.4, 0.5) is 8.78 Å². The number of piperidine rings is 1. The normalized spacial score (nSPS) is 17.8. The summed E-state index contributed by atoms with van der Waals surface area (Å²) in [5.41, 5.74) is 1.68. The van der Waals surface area contributed by atoms with E-state index in [-0.39, 0.29) is 34.9 Å². The Balaban J connectivity index is 1.77. The van der Waals surface area contributed by atoms with Crippen molar-refractivity contribution in [2.24, 2.45) is 0 Å². The molecular weight excluding hydrogens is 432 g/mol. The van der Waals surface area contributed by atoms with Crippen molar-refractivity contribution in [1.82, 2.24) is 4.31 Å². The van der Waals surface area contributed by atoms with Crippen LogP contribution in [-0.4, -0.2) is 31.6 Å². The van der Waals surface area contributed by atoms with Crippen LogP contribution in [0.25, 0.3) is 12.2 Å². The summed E-state index contributed by atoms with van der Waals surface area (Å²) in [5.74, 6) is -1.13. The SMILES string of the molecule is O=C1/C(=C/c2ccc(F)cc2)CN(S(=O)(=O)c2ccccc2)C/C1=C\c1ccc(F)cc1. The molecule has 1 heterocycles. The lowest BCUT2D eigenvalue weighted by Gasteiger charge is -2.29. The molecule has 0 saturated carbocycles. The molecule has 0 spiro atoms. The molecule has 0 radical (unpaired) electrons. The average Bonchev–Trinajstić information content (AvgIpc) is 2.80. The number of nitrogens with zero attached hydrogens (tertiary/aromatic N) is 1. The number of Topliss-reactive ketones (excluding diaryl/α,β-unsaturated/α-hetero) is 1. The fourth-order valence-electron chi connectivity index (χ4n) is 3.44.